The lowest BCUT2D eigenvalue weighted by Crippen LogP contribution is -2.63. The minimum Gasteiger partial charge on any atom is -0.458 e. The molecular formula is C78H50B2N4O2S. The quantitative estimate of drug-likeness (QED) is 0.133. The standard InChI is InChI=1S/C78H50B2N4O2S/c1-7-25-51(26-8-1)75-65(43-44-71-76(75)59-37-19-23-41-69(59)85-71)84-66-50-73-63(49-62(66)80-61-39-21-24-42-70(61)86-72-47-57(45-67(84)77(72)80)81(52-27-9-2-10-28-52)53-29-11-3-12-30-53)79-60-38-20-22-40-64(60)83(56-35-17-6-18-36-56)68-46-58(48-74(87-73)78(68)79)82(54-31-13-4-14-32-54)55-33-15-5-16-34-55/h1-50H. The summed E-state index contributed by atoms with van der Waals surface area (Å²) in [6, 6.07) is 110. The van der Waals surface area contributed by atoms with Gasteiger partial charge in [-0.1, -0.05) is 199 Å². The van der Waals surface area contributed by atoms with Gasteiger partial charge < -0.3 is 28.8 Å². The van der Waals surface area contributed by atoms with Crippen LogP contribution in [0.5, 0.6) is 11.5 Å². The van der Waals surface area contributed by atoms with Crippen molar-refractivity contribution in [3.05, 3.63) is 303 Å². The van der Waals surface area contributed by atoms with Gasteiger partial charge in [0.05, 0.1) is 11.4 Å². The largest absolute Gasteiger partial charge is 0.458 e. The molecule has 4 aliphatic heterocycles. The zero-order valence-electron chi connectivity index (χ0n) is 47.0. The molecule has 0 unspecified atom stereocenters. The smallest absolute Gasteiger partial charge is 0.256 e. The van der Waals surface area contributed by atoms with E-state index >= 15 is 0 Å². The van der Waals surface area contributed by atoms with Crippen LogP contribution in [0.15, 0.2) is 318 Å². The summed E-state index contributed by atoms with van der Waals surface area (Å²) >= 11 is 1.89. The van der Waals surface area contributed by atoms with Gasteiger partial charge in [0.1, 0.15) is 22.7 Å². The molecule has 0 fully saturated rings. The monoisotopic (exact) mass is 1130 g/mol. The molecule has 0 radical (unpaired) electrons. The lowest BCUT2D eigenvalue weighted by atomic mass is 9.31. The molecule has 0 N–H and O–H groups in total. The normalized spacial score (nSPS) is 13.0. The van der Waals surface area contributed by atoms with E-state index in [1.165, 1.54) is 37.3 Å². The Bertz CT molecular complexity index is 4960. The number of anilines is 12. The van der Waals surface area contributed by atoms with Gasteiger partial charge in [-0.25, -0.2) is 0 Å². The van der Waals surface area contributed by atoms with E-state index in [4.69, 9.17) is 9.15 Å². The first-order chi connectivity index (χ1) is 43.2. The van der Waals surface area contributed by atoms with Crippen molar-refractivity contribution < 1.29 is 9.15 Å². The number of fused-ring (bicyclic) bond motifs is 11. The molecule has 0 saturated carbocycles. The summed E-state index contributed by atoms with van der Waals surface area (Å²) in [6.07, 6.45) is 0. The highest BCUT2D eigenvalue weighted by molar-refractivity contribution is 8.00. The Morgan fingerprint density at radius 2 is 0.862 bits per heavy atom. The van der Waals surface area contributed by atoms with Gasteiger partial charge in [-0.3, -0.25) is 0 Å². The van der Waals surface area contributed by atoms with Crippen LogP contribution in [0.25, 0.3) is 33.1 Å². The summed E-state index contributed by atoms with van der Waals surface area (Å²) in [5.41, 5.74) is 24.2. The van der Waals surface area contributed by atoms with Crippen molar-refractivity contribution in [1.29, 1.82) is 0 Å². The minimum atomic E-state index is -0.190. The van der Waals surface area contributed by atoms with Crippen molar-refractivity contribution in [3.63, 3.8) is 0 Å². The molecule has 6 nitrogen and oxygen atoms in total. The number of benzene rings is 13. The van der Waals surface area contributed by atoms with Gasteiger partial charge in [-0.05, 0) is 148 Å². The molecule has 9 heteroatoms. The van der Waals surface area contributed by atoms with Gasteiger partial charge >= 0.3 is 0 Å². The maximum Gasteiger partial charge on any atom is 0.256 e. The number of nitrogens with zero attached hydrogens (tertiary/aromatic N) is 4. The molecule has 0 bridgehead atoms. The van der Waals surface area contributed by atoms with Crippen LogP contribution in [-0.4, -0.2) is 13.4 Å². The molecule has 0 aliphatic carbocycles. The lowest BCUT2D eigenvalue weighted by Gasteiger charge is -2.44. The fraction of sp³-hybridized carbons (Fsp3) is 0. The Hall–Kier alpha value is -10.9. The van der Waals surface area contributed by atoms with E-state index in [0.717, 1.165) is 118 Å². The van der Waals surface area contributed by atoms with E-state index in [0.29, 0.717) is 0 Å². The third kappa shape index (κ3) is 7.79. The van der Waals surface area contributed by atoms with Crippen molar-refractivity contribution in [1.82, 2.24) is 0 Å². The highest BCUT2D eigenvalue weighted by atomic mass is 32.2. The number of rotatable bonds is 9. The molecule has 14 aromatic rings. The molecule has 0 amide bonds. The van der Waals surface area contributed by atoms with Crippen molar-refractivity contribution in [2.24, 2.45) is 0 Å². The first kappa shape index (κ1) is 49.6. The van der Waals surface area contributed by atoms with Gasteiger partial charge in [0.15, 0.2) is 0 Å². The summed E-state index contributed by atoms with van der Waals surface area (Å²) < 4.78 is 14.1. The summed E-state index contributed by atoms with van der Waals surface area (Å²) in [7, 11) is 0. The summed E-state index contributed by atoms with van der Waals surface area (Å²) in [6.45, 7) is -0.293. The average molecular weight is 1130 g/mol. The van der Waals surface area contributed by atoms with E-state index < -0.39 is 0 Å². The predicted octanol–water partition coefficient (Wildman–Crippen LogP) is 17.4. The van der Waals surface area contributed by atoms with Crippen molar-refractivity contribution >= 4 is 148 Å². The number of ether oxygens (including phenoxy) is 1. The third-order valence-electron chi connectivity index (χ3n) is 17.9. The van der Waals surface area contributed by atoms with Crippen LogP contribution in [-0.2, 0) is 0 Å². The fourth-order valence-corrected chi connectivity index (χ4v) is 15.5. The summed E-state index contributed by atoms with van der Waals surface area (Å²) in [5, 5.41) is 2.14. The van der Waals surface area contributed by atoms with Crippen LogP contribution in [0.1, 0.15) is 0 Å². The van der Waals surface area contributed by atoms with Crippen LogP contribution in [0.3, 0.4) is 0 Å². The molecule has 13 aromatic carbocycles. The van der Waals surface area contributed by atoms with E-state index in [2.05, 4.69) is 323 Å². The SMILES string of the molecule is c1ccc(-c2c(N3c4cc5c(cc4B4c6ccccc6Oc6cc(N(c7ccccc7)c7ccccc7)cc3c64)B3c4ccccc4N(c4ccccc4)c4cc(N(c6ccccc6)c6ccccc6)cc(c43)S5)ccc3oc4ccccc4c23)cc1. The summed E-state index contributed by atoms with van der Waals surface area (Å²) in [5.74, 6) is 1.68. The average Bonchev–Trinajstić information content (AvgIpc) is 0.921. The molecule has 18 rings (SSSR count). The van der Waals surface area contributed by atoms with Crippen molar-refractivity contribution in [3.8, 4) is 22.6 Å². The second-order valence-corrected chi connectivity index (χ2v) is 23.8. The fourth-order valence-electron chi connectivity index (χ4n) is 14.3. The van der Waals surface area contributed by atoms with E-state index in [-0.39, 0.29) is 13.4 Å². The Balaban J connectivity index is 0.947. The van der Waals surface area contributed by atoms with E-state index in [1.807, 2.05) is 11.8 Å². The van der Waals surface area contributed by atoms with Gasteiger partial charge in [0.25, 0.3) is 6.71 Å². The number of hydrogen-bond acceptors (Lipinski definition) is 7. The summed E-state index contributed by atoms with van der Waals surface area (Å²) in [4.78, 5) is 12.3. The highest BCUT2D eigenvalue weighted by Gasteiger charge is 2.47. The second kappa shape index (κ2) is 19.9. The Morgan fingerprint density at radius 1 is 0.322 bits per heavy atom. The maximum absolute atomic E-state index is 7.36. The van der Waals surface area contributed by atoms with E-state index in [1.54, 1.807) is 0 Å². The topological polar surface area (TPSA) is 35.3 Å². The lowest BCUT2D eigenvalue weighted by molar-refractivity contribution is 0.487. The number of hydrogen-bond donors (Lipinski definition) is 0. The molecule has 87 heavy (non-hydrogen) atoms. The van der Waals surface area contributed by atoms with E-state index in [9.17, 15) is 0 Å². The van der Waals surface area contributed by atoms with Crippen LogP contribution < -0.4 is 57.1 Å². The van der Waals surface area contributed by atoms with Gasteiger partial charge in [0.2, 0.25) is 6.71 Å². The van der Waals surface area contributed by atoms with Gasteiger partial charge in [0, 0.05) is 89.1 Å². The maximum atomic E-state index is 7.36. The molecule has 0 atom stereocenters. The second-order valence-electron chi connectivity index (χ2n) is 22.7. The van der Waals surface area contributed by atoms with Gasteiger partial charge in [-0.2, -0.15) is 0 Å². The highest BCUT2D eigenvalue weighted by Crippen LogP contribution is 2.53. The number of para-hydroxylation sites is 8. The van der Waals surface area contributed by atoms with Gasteiger partial charge in [-0.15, -0.1) is 0 Å². The van der Waals surface area contributed by atoms with Crippen LogP contribution in [0.4, 0.5) is 68.2 Å². The zero-order chi connectivity index (χ0) is 57.1. The molecule has 0 spiro atoms. The first-order valence-electron chi connectivity index (χ1n) is 29.7. The van der Waals surface area contributed by atoms with Crippen LogP contribution in [0, 0.1) is 0 Å². The Morgan fingerprint density at radius 3 is 1.53 bits per heavy atom. The first-order valence-corrected chi connectivity index (χ1v) is 30.5. The van der Waals surface area contributed by atoms with Crippen molar-refractivity contribution in [2.75, 3.05) is 19.6 Å². The molecule has 4 aliphatic rings. The minimum absolute atomic E-state index is 0.103. The predicted molar refractivity (Wildman–Crippen MR) is 364 cm³/mol. The molecule has 406 valence electrons. The van der Waals surface area contributed by atoms with Crippen LogP contribution >= 0.6 is 11.8 Å². The zero-order valence-corrected chi connectivity index (χ0v) is 47.9. The van der Waals surface area contributed by atoms with Crippen LogP contribution in [0.2, 0.25) is 0 Å². The number of furan rings is 1. The Labute approximate surface area is 509 Å². The third-order valence-corrected chi connectivity index (χ3v) is 19.0. The molecule has 0 saturated heterocycles. The molecular weight excluding hydrogens is 1080 g/mol. The van der Waals surface area contributed by atoms with Crippen molar-refractivity contribution in [2.45, 2.75) is 9.79 Å². The molecule has 1 aromatic heterocycles. The Kier molecular flexibility index (Phi) is 11.3. The molecule has 5 heterocycles.